The molecule has 0 unspecified atom stereocenters. The molecular weight excluding hydrogens is 426 g/mol. The van der Waals surface area contributed by atoms with Gasteiger partial charge in [0.2, 0.25) is 5.91 Å². The van der Waals surface area contributed by atoms with Crippen LogP contribution < -0.4 is 20.9 Å². The summed E-state index contributed by atoms with van der Waals surface area (Å²) < 4.78 is 6.17. The number of hydrogen-bond donors (Lipinski definition) is 3. The number of benzene rings is 2. The number of aryl methyl sites for hydroxylation is 1. The van der Waals surface area contributed by atoms with Gasteiger partial charge in [0.25, 0.3) is 11.8 Å². The van der Waals surface area contributed by atoms with E-state index in [9.17, 15) is 14.4 Å². The Morgan fingerprint density at radius 2 is 1.79 bits per heavy atom. The Kier molecular flexibility index (Phi) is 6.30. The highest BCUT2D eigenvalue weighted by Crippen LogP contribution is 2.30. The summed E-state index contributed by atoms with van der Waals surface area (Å²) in [5, 5.41) is 2.80. The number of hydrogen-bond acceptors (Lipinski definition) is 4. The second kappa shape index (κ2) is 8.88. The molecule has 0 aliphatic heterocycles. The summed E-state index contributed by atoms with van der Waals surface area (Å²) in [6.07, 6.45) is 1.85. The molecule has 1 aliphatic rings. The summed E-state index contributed by atoms with van der Waals surface area (Å²) in [5.41, 5.74) is 6.68. The first-order valence-corrected chi connectivity index (χ1v) is 9.61. The molecule has 0 atom stereocenters. The summed E-state index contributed by atoms with van der Waals surface area (Å²) in [6, 6.07) is 12.0. The molecule has 2 aromatic carbocycles. The summed E-state index contributed by atoms with van der Waals surface area (Å²) in [7, 11) is 0. The van der Waals surface area contributed by atoms with Gasteiger partial charge < -0.3 is 10.1 Å². The topological polar surface area (TPSA) is 96.5 Å². The van der Waals surface area contributed by atoms with Crippen LogP contribution in [-0.2, 0) is 9.59 Å². The Balaban J connectivity index is 1.43. The lowest BCUT2D eigenvalue weighted by Crippen LogP contribution is -2.43. The van der Waals surface area contributed by atoms with Crippen molar-refractivity contribution in [3.05, 3.63) is 58.1 Å². The van der Waals surface area contributed by atoms with Gasteiger partial charge in [0.15, 0.2) is 6.61 Å². The molecule has 0 saturated heterocycles. The van der Waals surface area contributed by atoms with Crippen molar-refractivity contribution in [2.45, 2.75) is 19.8 Å². The molecule has 3 amide bonds. The molecule has 7 nitrogen and oxygen atoms in total. The molecule has 1 aliphatic carbocycles. The Hall–Kier alpha value is -2.87. The van der Waals surface area contributed by atoms with Crippen LogP contribution in [0.25, 0.3) is 0 Å². The van der Waals surface area contributed by atoms with Gasteiger partial charge in [-0.2, -0.15) is 0 Å². The first kappa shape index (κ1) is 19.9. The van der Waals surface area contributed by atoms with E-state index in [0.717, 1.165) is 22.9 Å². The van der Waals surface area contributed by atoms with Crippen LogP contribution >= 0.6 is 15.9 Å². The molecule has 146 valence electrons. The zero-order valence-corrected chi connectivity index (χ0v) is 16.8. The Morgan fingerprint density at radius 1 is 1.07 bits per heavy atom. The van der Waals surface area contributed by atoms with Crippen molar-refractivity contribution in [1.82, 2.24) is 10.9 Å². The van der Waals surface area contributed by atoms with Crippen LogP contribution in [-0.4, -0.2) is 24.3 Å². The van der Waals surface area contributed by atoms with Crippen molar-refractivity contribution < 1.29 is 19.1 Å². The number of hydrazine groups is 1. The van der Waals surface area contributed by atoms with Gasteiger partial charge in [0.05, 0.1) is 4.47 Å². The molecular formula is C20H20BrN3O4. The maximum absolute atomic E-state index is 12.1. The van der Waals surface area contributed by atoms with Crippen molar-refractivity contribution in [3.8, 4) is 5.75 Å². The minimum Gasteiger partial charge on any atom is -0.483 e. The van der Waals surface area contributed by atoms with E-state index >= 15 is 0 Å². The van der Waals surface area contributed by atoms with E-state index < -0.39 is 11.8 Å². The smallest absolute Gasteiger partial charge is 0.276 e. The van der Waals surface area contributed by atoms with Gasteiger partial charge in [-0.3, -0.25) is 25.2 Å². The van der Waals surface area contributed by atoms with E-state index in [4.69, 9.17) is 4.74 Å². The van der Waals surface area contributed by atoms with Gasteiger partial charge in [-0.05, 0) is 77.7 Å². The lowest BCUT2D eigenvalue weighted by molar-refractivity contribution is -0.123. The Morgan fingerprint density at radius 3 is 2.43 bits per heavy atom. The monoisotopic (exact) mass is 445 g/mol. The highest BCUT2D eigenvalue weighted by Gasteiger charge is 2.29. The number of ether oxygens (including phenoxy) is 1. The third kappa shape index (κ3) is 5.56. The van der Waals surface area contributed by atoms with Gasteiger partial charge >= 0.3 is 0 Å². The van der Waals surface area contributed by atoms with Gasteiger partial charge in [0, 0.05) is 17.2 Å². The van der Waals surface area contributed by atoms with Gasteiger partial charge in [-0.25, -0.2) is 0 Å². The molecule has 2 aromatic rings. The molecule has 3 N–H and O–H groups in total. The summed E-state index contributed by atoms with van der Waals surface area (Å²) >= 11 is 3.37. The molecule has 0 radical (unpaired) electrons. The number of rotatable bonds is 6. The third-order valence-corrected chi connectivity index (χ3v) is 4.74. The maximum Gasteiger partial charge on any atom is 0.276 e. The van der Waals surface area contributed by atoms with E-state index in [1.54, 1.807) is 30.3 Å². The fourth-order valence-electron chi connectivity index (χ4n) is 2.40. The third-order valence-electron chi connectivity index (χ3n) is 4.12. The summed E-state index contributed by atoms with van der Waals surface area (Å²) in [4.78, 5) is 35.7. The van der Waals surface area contributed by atoms with E-state index in [1.807, 2.05) is 19.1 Å². The largest absolute Gasteiger partial charge is 0.483 e. The van der Waals surface area contributed by atoms with E-state index in [1.165, 1.54) is 0 Å². The zero-order valence-electron chi connectivity index (χ0n) is 15.3. The SMILES string of the molecule is Cc1ccc(OCC(=O)NNC(=O)c2ccc(NC(=O)C3CC3)cc2)c(Br)c1. The summed E-state index contributed by atoms with van der Waals surface area (Å²) in [6.45, 7) is 1.71. The lowest BCUT2D eigenvalue weighted by atomic mass is 10.2. The zero-order chi connectivity index (χ0) is 20.1. The van der Waals surface area contributed by atoms with Crippen LogP contribution in [0.2, 0.25) is 0 Å². The quantitative estimate of drug-likeness (QED) is 0.595. The standard InChI is InChI=1S/C20H20BrN3O4/c1-12-2-9-17(16(21)10-12)28-11-18(25)23-24-20(27)14-5-7-15(8-6-14)22-19(26)13-3-4-13/h2,5-10,13H,3-4,11H2,1H3,(H,22,26)(H,23,25)(H,24,27). The van der Waals surface area contributed by atoms with Crippen LogP contribution in [0.15, 0.2) is 46.9 Å². The Bertz CT molecular complexity index is 895. The first-order valence-electron chi connectivity index (χ1n) is 8.81. The van der Waals surface area contributed by atoms with E-state index in [0.29, 0.717) is 17.0 Å². The van der Waals surface area contributed by atoms with Gasteiger partial charge in [0.1, 0.15) is 5.75 Å². The second-order valence-corrected chi connectivity index (χ2v) is 7.42. The van der Waals surface area contributed by atoms with Crippen LogP contribution in [0.5, 0.6) is 5.75 Å². The number of anilines is 1. The first-order chi connectivity index (χ1) is 13.4. The number of halogens is 1. The normalized spacial score (nSPS) is 12.8. The van der Waals surface area contributed by atoms with E-state index in [2.05, 4.69) is 32.1 Å². The minimum atomic E-state index is -0.492. The van der Waals surface area contributed by atoms with Crippen molar-refractivity contribution in [2.75, 3.05) is 11.9 Å². The predicted molar refractivity (Wildman–Crippen MR) is 108 cm³/mol. The highest BCUT2D eigenvalue weighted by atomic mass is 79.9. The lowest BCUT2D eigenvalue weighted by Gasteiger charge is -2.10. The van der Waals surface area contributed by atoms with Crippen molar-refractivity contribution >= 4 is 39.3 Å². The minimum absolute atomic E-state index is 0.00433. The van der Waals surface area contributed by atoms with Crippen LogP contribution in [0, 0.1) is 12.8 Å². The molecule has 0 aromatic heterocycles. The average Bonchev–Trinajstić information content (AvgIpc) is 3.51. The predicted octanol–water partition coefficient (Wildman–Crippen LogP) is 2.95. The molecule has 0 spiro atoms. The number of nitrogens with one attached hydrogen (secondary N) is 3. The maximum atomic E-state index is 12.1. The van der Waals surface area contributed by atoms with Crippen molar-refractivity contribution in [2.24, 2.45) is 5.92 Å². The number of carbonyl (C=O) groups excluding carboxylic acids is 3. The number of carbonyl (C=O) groups is 3. The molecule has 28 heavy (non-hydrogen) atoms. The molecule has 0 bridgehead atoms. The Labute approximate surface area is 170 Å². The van der Waals surface area contributed by atoms with Crippen molar-refractivity contribution in [1.29, 1.82) is 0 Å². The fourth-order valence-corrected chi connectivity index (χ4v) is 3.00. The molecule has 1 saturated carbocycles. The van der Waals surface area contributed by atoms with Crippen LogP contribution in [0.4, 0.5) is 5.69 Å². The van der Waals surface area contributed by atoms with Gasteiger partial charge in [-0.1, -0.05) is 6.07 Å². The van der Waals surface area contributed by atoms with Gasteiger partial charge in [-0.15, -0.1) is 0 Å². The molecule has 8 heteroatoms. The van der Waals surface area contributed by atoms with Crippen LogP contribution in [0.1, 0.15) is 28.8 Å². The highest BCUT2D eigenvalue weighted by molar-refractivity contribution is 9.10. The van der Waals surface area contributed by atoms with Crippen molar-refractivity contribution in [3.63, 3.8) is 0 Å². The molecule has 3 rings (SSSR count). The molecule has 1 fully saturated rings. The second-order valence-electron chi connectivity index (χ2n) is 6.57. The van der Waals surface area contributed by atoms with E-state index in [-0.39, 0.29) is 18.4 Å². The van der Waals surface area contributed by atoms with Crippen LogP contribution in [0.3, 0.4) is 0 Å². The molecule has 0 heterocycles. The average molecular weight is 446 g/mol. The fraction of sp³-hybridized carbons (Fsp3) is 0.250. The summed E-state index contributed by atoms with van der Waals surface area (Å²) in [5.74, 6) is -0.305. The number of amides is 3.